The smallest absolute Gasteiger partial charge is 0.257 e. The van der Waals surface area contributed by atoms with Gasteiger partial charge in [-0.2, -0.15) is 5.10 Å². The lowest BCUT2D eigenvalue weighted by Crippen LogP contribution is -2.39. The highest BCUT2D eigenvalue weighted by molar-refractivity contribution is 7.99. The second-order valence-electron chi connectivity index (χ2n) is 8.90. The Morgan fingerprint density at radius 2 is 1.94 bits per heavy atom. The Balaban J connectivity index is 1.47. The number of piperidine rings is 1. The average Bonchev–Trinajstić information content (AvgIpc) is 3.49. The first-order valence-corrected chi connectivity index (χ1v) is 12.9. The fourth-order valence-corrected chi connectivity index (χ4v) is 5.69. The van der Waals surface area contributed by atoms with Crippen LogP contribution in [0.15, 0.2) is 35.4 Å². The summed E-state index contributed by atoms with van der Waals surface area (Å²) in [6.07, 6.45) is 7.17. The molecule has 2 aliphatic heterocycles. The van der Waals surface area contributed by atoms with Gasteiger partial charge in [0.15, 0.2) is 5.65 Å². The van der Waals surface area contributed by atoms with E-state index in [2.05, 4.69) is 11.8 Å². The number of aryl methyl sites for hydroxylation is 1. The molecule has 2 saturated heterocycles. The molecule has 0 unspecified atom stereocenters. The molecular weight excluding hydrogens is 437 g/mol. The second kappa shape index (κ2) is 9.33. The van der Waals surface area contributed by atoms with Crippen LogP contribution < -0.4 is 4.90 Å². The van der Waals surface area contributed by atoms with Gasteiger partial charge >= 0.3 is 0 Å². The number of rotatable bonds is 5. The zero-order valence-corrected chi connectivity index (χ0v) is 20.1. The van der Waals surface area contributed by atoms with E-state index in [0.29, 0.717) is 6.54 Å². The molecule has 0 N–H and O–H groups in total. The first kappa shape index (κ1) is 22.2. The minimum Gasteiger partial charge on any atom is -0.356 e. The van der Waals surface area contributed by atoms with Gasteiger partial charge in [-0.25, -0.2) is 13.9 Å². The van der Waals surface area contributed by atoms with E-state index >= 15 is 0 Å². The minimum absolute atomic E-state index is 0.148. The Bertz CT molecular complexity index is 1170. The lowest BCUT2D eigenvalue weighted by Gasteiger charge is -2.35. The maximum Gasteiger partial charge on any atom is 0.257 e. The molecule has 174 valence electrons. The molecule has 1 amide bonds. The molecule has 33 heavy (non-hydrogen) atoms. The number of thioether (sulfide) groups is 1. The van der Waals surface area contributed by atoms with Crippen molar-refractivity contribution in [3.8, 4) is 0 Å². The van der Waals surface area contributed by atoms with Crippen LogP contribution in [0.25, 0.3) is 5.65 Å². The Kier molecular flexibility index (Phi) is 6.27. The summed E-state index contributed by atoms with van der Waals surface area (Å²) in [6.45, 7) is 6.80. The van der Waals surface area contributed by atoms with E-state index in [-0.39, 0.29) is 17.5 Å². The Morgan fingerprint density at radius 1 is 1.15 bits per heavy atom. The Labute approximate surface area is 198 Å². The van der Waals surface area contributed by atoms with E-state index in [1.54, 1.807) is 28.8 Å². The van der Waals surface area contributed by atoms with Crippen molar-refractivity contribution < 1.29 is 9.18 Å². The number of likely N-dealkylation sites (tertiary alicyclic amines) is 1. The van der Waals surface area contributed by atoms with E-state index in [4.69, 9.17) is 10.1 Å². The second-order valence-corrected chi connectivity index (χ2v) is 10.2. The highest BCUT2D eigenvalue weighted by Crippen LogP contribution is 2.33. The van der Waals surface area contributed by atoms with Crippen LogP contribution in [0.1, 0.15) is 66.7 Å². The van der Waals surface area contributed by atoms with E-state index in [9.17, 15) is 9.18 Å². The van der Waals surface area contributed by atoms with Crippen molar-refractivity contribution in [3.63, 3.8) is 0 Å². The number of halogens is 1. The van der Waals surface area contributed by atoms with E-state index in [0.717, 1.165) is 65.7 Å². The van der Waals surface area contributed by atoms with Crippen molar-refractivity contribution in [3.05, 3.63) is 53.1 Å². The summed E-state index contributed by atoms with van der Waals surface area (Å²) in [5, 5.41) is 4.80. The van der Waals surface area contributed by atoms with Crippen molar-refractivity contribution in [2.75, 3.05) is 30.3 Å². The van der Waals surface area contributed by atoms with Gasteiger partial charge in [0.05, 0.1) is 17.3 Å². The van der Waals surface area contributed by atoms with Crippen LogP contribution >= 0.6 is 11.8 Å². The minimum atomic E-state index is -0.465. The summed E-state index contributed by atoms with van der Waals surface area (Å²) >= 11 is 1.61. The van der Waals surface area contributed by atoms with Crippen molar-refractivity contribution in [1.29, 1.82) is 0 Å². The van der Waals surface area contributed by atoms with Crippen molar-refractivity contribution in [1.82, 2.24) is 19.5 Å². The molecule has 3 aromatic rings. The molecule has 1 atom stereocenters. The van der Waals surface area contributed by atoms with Gasteiger partial charge < -0.3 is 9.80 Å². The zero-order chi connectivity index (χ0) is 22.9. The number of amides is 1. The van der Waals surface area contributed by atoms with Crippen LogP contribution in [-0.2, 0) is 0 Å². The van der Waals surface area contributed by atoms with Gasteiger partial charge in [0.2, 0.25) is 0 Å². The first-order chi connectivity index (χ1) is 16.0. The SMILES string of the molecule is CCSc1ccc(F)c(C(=O)N2CCCC[C@H]2c2cc3nc(N4CCCC4)c(C)cn3n2)c1. The van der Waals surface area contributed by atoms with E-state index < -0.39 is 5.82 Å². The quantitative estimate of drug-likeness (QED) is 0.480. The van der Waals surface area contributed by atoms with E-state index in [1.165, 1.54) is 18.9 Å². The van der Waals surface area contributed by atoms with Crippen LogP contribution in [-0.4, -0.2) is 50.8 Å². The predicted octanol–water partition coefficient (Wildman–Crippen LogP) is 5.26. The summed E-state index contributed by atoms with van der Waals surface area (Å²) in [7, 11) is 0. The average molecular weight is 468 g/mol. The number of nitrogens with zero attached hydrogens (tertiary/aromatic N) is 5. The van der Waals surface area contributed by atoms with Gasteiger partial charge in [-0.3, -0.25) is 4.79 Å². The topological polar surface area (TPSA) is 53.7 Å². The maximum atomic E-state index is 14.7. The molecule has 4 heterocycles. The maximum absolute atomic E-state index is 14.7. The third-order valence-electron chi connectivity index (χ3n) is 6.61. The molecule has 0 saturated carbocycles. The number of aromatic nitrogens is 3. The number of fused-ring (bicyclic) bond motifs is 1. The highest BCUT2D eigenvalue weighted by atomic mass is 32.2. The summed E-state index contributed by atoms with van der Waals surface area (Å²) in [4.78, 5) is 23.4. The summed E-state index contributed by atoms with van der Waals surface area (Å²) in [6, 6.07) is 6.65. The Morgan fingerprint density at radius 3 is 2.73 bits per heavy atom. The Hall–Kier alpha value is -2.61. The third-order valence-corrected chi connectivity index (χ3v) is 7.49. The number of hydrogen-bond acceptors (Lipinski definition) is 5. The lowest BCUT2D eigenvalue weighted by molar-refractivity contribution is 0.0600. The molecule has 5 rings (SSSR count). The van der Waals surface area contributed by atoms with Gasteiger partial charge in [-0.05, 0) is 63.0 Å². The molecule has 1 aromatic carbocycles. The lowest BCUT2D eigenvalue weighted by atomic mass is 9.98. The van der Waals surface area contributed by atoms with Gasteiger partial charge in [0, 0.05) is 42.4 Å². The normalized spacial score (nSPS) is 18.9. The van der Waals surface area contributed by atoms with Crippen LogP contribution in [0.2, 0.25) is 0 Å². The number of carbonyl (C=O) groups excluding carboxylic acids is 1. The molecule has 0 aliphatic carbocycles. The molecule has 2 aliphatic rings. The van der Waals surface area contributed by atoms with Gasteiger partial charge in [0.1, 0.15) is 11.6 Å². The third kappa shape index (κ3) is 4.33. The number of benzene rings is 1. The molecular formula is C25H30FN5OS. The van der Waals surface area contributed by atoms with Gasteiger partial charge in [-0.1, -0.05) is 6.92 Å². The molecule has 8 heteroatoms. The molecule has 6 nitrogen and oxygen atoms in total. The standard InChI is InChI=1S/C25H30FN5OS/c1-3-33-18-9-10-20(26)19(14-18)25(32)30-13-5-4-8-22(30)21-15-23-27-24(29-11-6-7-12-29)17(2)16-31(23)28-21/h9-10,14-16,22H,3-8,11-13H2,1-2H3/t22-/m0/s1. The monoisotopic (exact) mass is 467 g/mol. The van der Waals surface area contributed by atoms with Gasteiger partial charge in [-0.15, -0.1) is 11.8 Å². The number of hydrogen-bond donors (Lipinski definition) is 0. The van der Waals surface area contributed by atoms with Crippen LogP contribution in [0.4, 0.5) is 10.2 Å². The summed E-state index contributed by atoms with van der Waals surface area (Å²) < 4.78 is 16.5. The van der Waals surface area contributed by atoms with Crippen LogP contribution in [0.3, 0.4) is 0 Å². The van der Waals surface area contributed by atoms with E-state index in [1.807, 2.05) is 23.7 Å². The molecule has 0 bridgehead atoms. The number of carbonyl (C=O) groups is 1. The predicted molar refractivity (Wildman–Crippen MR) is 130 cm³/mol. The van der Waals surface area contributed by atoms with Crippen molar-refractivity contribution >= 4 is 29.1 Å². The fourth-order valence-electron chi connectivity index (χ4n) is 4.99. The molecule has 0 spiro atoms. The fraction of sp³-hybridized carbons (Fsp3) is 0.480. The van der Waals surface area contributed by atoms with Crippen LogP contribution in [0.5, 0.6) is 0 Å². The number of anilines is 1. The first-order valence-electron chi connectivity index (χ1n) is 11.9. The zero-order valence-electron chi connectivity index (χ0n) is 19.3. The molecule has 2 aromatic heterocycles. The largest absolute Gasteiger partial charge is 0.356 e. The van der Waals surface area contributed by atoms with Crippen LogP contribution in [0, 0.1) is 12.7 Å². The highest BCUT2D eigenvalue weighted by Gasteiger charge is 2.32. The molecule has 0 radical (unpaired) electrons. The summed E-state index contributed by atoms with van der Waals surface area (Å²) in [5.74, 6) is 1.18. The van der Waals surface area contributed by atoms with Crippen molar-refractivity contribution in [2.24, 2.45) is 0 Å². The summed E-state index contributed by atoms with van der Waals surface area (Å²) in [5.41, 5.74) is 2.87. The molecule has 2 fully saturated rings. The van der Waals surface area contributed by atoms with Crippen molar-refractivity contribution in [2.45, 2.75) is 56.9 Å². The van der Waals surface area contributed by atoms with Gasteiger partial charge in [0.25, 0.3) is 5.91 Å².